The summed E-state index contributed by atoms with van der Waals surface area (Å²) >= 11 is 5.80. The molecule has 0 aromatic carbocycles. The van der Waals surface area contributed by atoms with Gasteiger partial charge in [0.1, 0.15) is 11.2 Å². The summed E-state index contributed by atoms with van der Waals surface area (Å²) in [7, 11) is 0. The fraction of sp³-hybridized carbons (Fsp3) is 0. The first-order valence-electron chi connectivity index (χ1n) is 3.34. The van der Waals surface area contributed by atoms with Gasteiger partial charge in [-0.25, -0.2) is 4.98 Å². The van der Waals surface area contributed by atoms with Crippen LogP contribution in [0.4, 0.5) is 0 Å². The van der Waals surface area contributed by atoms with E-state index in [-0.39, 0.29) is 0 Å². The van der Waals surface area contributed by atoms with Gasteiger partial charge in [-0.05, 0) is 6.07 Å². The fourth-order valence-corrected chi connectivity index (χ4v) is 1.38. The zero-order chi connectivity index (χ0) is 8.55. The number of halogens is 1. The van der Waals surface area contributed by atoms with Gasteiger partial charge in [-0.1, -0.05) is 11.6 Å². The Morgan fingerprint density at radius 2 is 2.42 bits per heavy atom. The standard InChI is InChI=1S/C8H4ClN3/c9-8-7-5(3-10)4-12-6(7)1-2-11-8/h1-2,4,12H. The predicted molar refractivity (Wildman–Crippen MR) is 45.8 cm³/mol. The highest BCUT2D eigenvalue weighted by Gasteiger charge is 2.06. The van der Waals surface area contributed by atoms with Gasteiger partial charge in [-0.15, -0.1) is 0 Å². The minimum Gasteiger partial charge on any atom is -0.360 e. The molecular formula is C8H4ClN3. The highest BCUT2D eigenvalue weighted by atomic mass is 35.5. The number of nitrogens with one attached hydrogen (secondary N) is 1. The molecule has 58 valence electrons. The van der Waals surface area contributed by atoms with E-state index < -0.39 is 0 Å². The lowest BCUT2D eigenvalue weighted by molar-refractivity contribution is 1.35. The van der Waals surface area contributed by atoms with Crippen LogP contribution < -0.4 is 0 Å². The molecule has 0 atom stereocenters. The van der Waals surface area contributed by atoms with Crippen LogP contribution in [0, 0.1) is 11.3 Å². The maximum atomic E-state index is 8.69. The summed E-state index contributed by atoms with van der Waals surface area (Å²) in [5.74, 6) is 0. The Kier molecular flexibility index (Phi) is 1.49. The van der Waals surface area contributed by atoms with Crippen molar-refractivity contribution in [1.29, 1.82) is 5.26 Å². The van der Waals surface area contributed by atoms with Crippen molar-refractivity contribution in [2.75, 3.05) is 0 Å². The van der Waals surface area contributed by atoms with E-state index in [0.29, 0.717) is 16.1 Å². The molecule has 2 aromatic rings. The van der Waals surface area contributed by atoms with E-state index in [1.807, 2.05) is 6.07 Å². The molecule has 4 heteroatoms. The van der Waals surface area contributed by atoms with Crippen molar-refractivity contribution in [2.45, 2.75) is 0 Å². The lowest BCUT2D eigenvalue weighted by Crippen LogP contribution is -1.76. The van der Waals surface area contributed by atoms with E-state index in [0.717, 1.165) is 5.52 Å². The monoisotopic (exact) mass is 177 g/mol. The van der Waals surface area contributed by atoms with Crippen molar-refractivity contribution in [3.63, 3.8) is 0 Å². The third-order valence-corrected chi connectivity index (χ3v) is 1.95. The number of hydrogen-bond donors (Lipinski definition) is 1. The summed E-state index contributed by atoms with van der Waals surface area (Å²) in [6, 6.07) is 3.81. The van der Waals surface area contributed by atoms with Gasteiger partial charge >= 0.3 is 0 Å². The molecule has 2 heterocycles. The zero-order valence-corrected chi connectivity index (χ0v) is 6.76. The quantitative estimate of drug-likeness (QED) is 0.627. The van der Waals surface area contributed by atoms with Crippen molar-refractivity contribution < 1.29 is 0 Å². The Labute approximate surface area is 73.6 Å². The summed E-state index contributed by atoms with van der Waals surface area (Å²) in [6.45, 7) is 0. The average molecular weight is 178 g/mol. The van der Waals surface area contributed by atoms with Crippen LogP contribution in [0.25, 0.3) is 10.9 Å². The molecule has 2 aromatic heterocycles. The molecule has 0 aliphatic carbocycles. The molecule has 0 radical (unpaired) electrons. The van der Waals surface area contributed by atoms with E-state index >= 15 is 0 Å². The molecule has 0 aliphatic heterocycles. The second-order valence-electron chi connectivity index (χ2n) is 2.34. The van der Waals surface area contributed by atoms with Gasteiger partial charge in [0.2, 0.25) is 0 Å². The molecule has 0 aliphatic rings. The first kappa shape index (κ1) is 7.14. The summed E-state index contributed by atoms with van der Waals surface area (Å²) in [4.78, 5) is 6.82. The Morgan fingerprint density at radius 1 is 1.58 bits per heavy atom. The van der Waals surface area contributed by atoms with Gasteiger partial charge in [0.15, 0.2) is 0 Å². The zero-order valence-electron chi connectivity index (χ0n) is 6.00. The summed E-state index contributed by atoms with van der Waals surface area (Å²) in [5, 5.41) is 9.75. The maximum absolute atomic E-state index is 8.69. The number of fused-ring (bicyclic) bond motifs is 1. The van der Waals surface area contributed by atoms with Crippen LogP contribution >= 0.6 is 11.6 Å². The highest BCUT2D eigenvalue weighted by Crippen LogP contribution is 2.23. The number of aromatic nitrogens is 2. The Hall–Kier alpha value is -1.53. The van der Waals surface area contributed by atoms with Crippen molar-refractivity contribution >= 4 is 22.5 Å². The van der Waals surface area contributed by atoms with E-state index in [1.165, 1.54) is 0 Å². The number of rotatable bonds is 0. The molecule has 0 bridgehead atoms. The van der Waals surface area contributed by atoms with Crippen LogP contribution in [0.3, 0.4) is 0 Å². The maximum Gasteiger partial charge on any atom is 0.139 e. The number of nitrogens with zero attached hydrogens (tertiary/aromatic N) is 2. The normalized spacial score (nSPS) is 10.0. The predicted octanol–water partition coefficient (Wildman–Crippen LogP) is 2.09. The summed E-state index contributed by atoms with van der Waals surface area (Å²) in [6.07, 6.45) is 3.22. The molecule has 0 unspecified atom stereocenters. The van der Waals surface area contributed by atoms with Crippen LogP contribution in [-0.2, 0) is 0 Å². The molecule has 0 saturated carbocycles. The largest absolute Gasteiger partial charge is 0.360 e. The minimum absolute atomic E-state index is 0.366. The van der Waals surface area contributed by atoms with Gasteiger partial charge in [0.05, 0.1) is 16.5 Å². The Bertz CT molecular complexity index is 467. The number of H-pyrrole nitrogens is 1. The highest BCUT2D eigenvalue weighted by molar-refractivity contribution is 6.34. The number of aromatic amines is 1. The molecule has 0 fully saturated rings. The van der Waals surface area contributed by atoms with Crippen molar-refractivity contribution in [1.82, 2.24) is 9.97 Å². The van der Waals surface area contributed by atoms with E-state index in [1.54, 1.807) is 18.5 Å². The fourth-order valence-electron chi connectivity index (χ4n) is 1.12. The van der Waals surface area contributed by atoms with Crippen LogP contribution in [0.1, 0.15) is 5.56 Å². The van der Waals surface area contributed by atoms with Gasteiger partial charge in [0, 0.05) is 12.4 Å². The van der Waals surface area contributed by atoms with Gasteiger partial charge in [-0.2, -0.15) is 5.26 Å². The average Bonchev–Trinajstić information content (AvgIpc) is 2.49. The molecule has 2 rings (SSSR count). The van der Waals surface area contributed by atoms with E-state index in [4.69, 9.17) is 16.9 Å². The van der Waals surface area contributed by atoms with Crippen LogP contribution in [0.5, 0.6) is 0 Å². The van der Waals surface area contributed by atoms with Crippen molar-refractivity contribution in [2.24, 2.45) is 0 Å². The molecule has 0 amide bonds. The molecule has 3 nitrogen and oxygen atoms in total. The lowest BCUT2D eigenvalue weighted by Gasteiger charge is -1.91. The first-order valence-corrected chi connectivity index (χ1v) is 3.72. The van der Waals surface area contributed by atoms with Crippen LogP contribution in [0.2, 0.25) is 5.15 Å². The van der Waals surface area contributed by atoms with Crippen LogP contribution in [-0.4, -0.2) is 9.97 Å². The number of nitriles is 1. The van der Waals surface area contributed by atoms with E-state index in [2.05, 4.69) is 9.97 Å². The molecule has 0 saturated heterocycles. The van der Waals surface area contributed by atoms with Gasteiger partial charge in [0.25, 0.3) is 0 Å². The van der Waals surface area contributed by atoms with Gasteiger partial charge < -0.3 is 4.98 Å². The minimum atomic E-state index is 0.366. The number of pyridine rings is 1. The Morgan fingerprint density at radius 3 is 3.17 bits per heavy atom. The third-order valence-electron chi connectivity index (χ3n) is 1.67. The second kappa shape index (κ2) is 2.50. The molecule has 1 N–H and O–H groups in total. The van der Waals surface area contributed by atoms with E-state index in [9.17, 15) is 0 Å². The number of hydrogen-bond acceptors (Lipinski definition) is 2. The van der Waals surface area contributed by atoms with Crippen LogP contribution in [0.15, 0.2) is 18.5 Å². The molecule has 0 spiro atoms. The smallest absolute Gasteiger partial charge is 0.139 e. The lowest BCUT2D eigenvalue weighted by atomic mass is 10.2. The molecule has 12 heavy (non-hydrogen) atoms. The topological polar surface area (TPSA) is 52.5 Å². The summed E-state index contributed by atoms with van der Waals surface area (Å²) < 4.78 is 0. The Balaban J connectivity index is 2.95. The second-order valence-corrected chi connectivity index (χ2v) is 2.70. The SMILES string of the molecule is N#Cc1c[nH]c2ccnc(Cl)c12. The first-order chi connectivity index (χ1) is 5.83. The molecular weight excluding hydrogens is 174 g/mol. The van der Waals surface area contributed by atoms with Crippen molar-refractivity contribution in [3.05, 3.63) is 29.2 Å². The van der Waals surface area contributed by atoms with Gasteiger partial charge in [-0.3, -0.25) is 0 Å². The summed E-state index contributed by atoms with van der Waals surface area (Å²) in [5.41, 5.74) is 1.37. The third kappa shape index (κ3) is 0.858. The van der Waals surface area contributed by atoms with Crippen molar-refractivity contribution in [3.8, 4) is 6.07 Å².